The van der Waals surface area contributed by atoms with Crippen LogP contribution >= 0.6 is 0 Å². The summed E-state index contributed by atoms with van der Waals surface area (Å²) in [6, 6.07) is 6.32. The second kappa shape index (κ2) is 11.2. The molecule has 0 saturated heterocycles. The number of hydrogen-bond acceptors (Lipinski definition) is 4. The van der Waals surface area contributed by atoms with Crippen molar-refractivity contribution in [3.8, 4) is 5.75 Å². The maximum Gasteiger partial charge on any atom is 0.191 e. The Hall–Kier alpha value is -2.57. The van der Waals surface area contributed by atoms with Crippen molar-refractivity contribution >= 4 is 5.96 Å². The Morgan fingerprint density at radius 2 is 2.00 bits per heavy atom. The van der Waals surface area contributed by atoms with E-state index in [2.05, 4.69) is 57.9 Å². The fourth-order valence-electron chi connectivity index (χ4n) is 2.68. The van der Waals surface area contributed by atoms with Gasteiger partial charge in [-0.1, -0.05) is 38.3 Å². The number of aryl methyl sites for hydroxylation is 2. The average Bonchev–Trinajstić information content (AvgIpc) is 3.08. The normalized spacial score (nSPS) is 11.5. The summed E-state index contributed by atoms with van der Waals surface area (Å²) in [5.74, 6) is 2.51. The zero-order chi connectivity index (χ0) is 19.5. The quantitative estimate of drug-likeness (QED) is 0.381. The van der Waals surface area contributed by atoms with Crippen LogP contribution in [0.5, 0.6) is 5.75 Å². The van der Waals surface area contributed by atoms with Gasteiger partial charge in [0.15, 0.2) is 11.8 Å². The fraction of sp³-hybridized carbons (Fsp3) is 0.550. The van der Waals surface area contributed by atoms with Crippen molar-refractivity contribution in [3.63, 3.8) is 0 Å². The summed E-state index contributed by atoms with van der Waals surface area (Å²) >= 11 is 0. The number of benzene rings is 1. The molecule has 0 atom stereocenters. The summed E-state index contributed by atoms with van der Waals surface area (Å²) in [6.45, 7) is 6.27. The highest BCUT2D eigenvalue weighted by Gasteiger charge is 2.07. The lowest BCUT2D eigenvalue weighted by molar-refractivity contribution is 0.301. The molecule has 27 heavy (non-hydrogen) atoms. The summed E-state index contributed by atoms with van der Waals surface area (Å²) in [5, 5.41) is 14.5. The van der Waals surface area contributed by atoms with Crippen LogP contribution in [0.3, 0.4) is 0 Å². The molecule has 2 N–H and O–H groups in total. The third kappa shape index (κ3) is 6.92. The molecule has 0 fully saturated rings. The minimum atomic E-state index is 0.560. The molecule has 2 aromatic rings. The topological polar surface area (TPSA) is 76.4 Å². The van der Waals surface area contributed by atoms with Crippen LogP contribution in [0.15, 0.2) is 29.5 Å². The number of guanidine groups is 1. The minimum Gasteiger partial charge on any atom is -0.493 e. The van der Waals surface area contributed by atoms with E-state index in [4.69, 9.17) is 4.74 Å². The van der Waals surface area contributed by atoms with Crippen LogP contribution in [-0.2, 0) is 20.1 Å². The van der Waals surface area contributed by atoms with Crippen LogP contribution in [0.4, 0.5) is 0 Å². The van der Waals surface area contributed by atoms with E-state index in [1.807, 2.05) is 11.6 Å². The fourth-order valence-corrected chi connectivity index (χ4v) is 2.68. The van der Waals surface area contributed by atoms with Gasteiger partial charge in [0.1, 0.15) is 12.1 Å². The van der Waals surface area contributed by atoms with Crippen LogP contribution in [0.1, 0.15) is 49.6 Å². The highest BCUT2D eigenvalue weighted by atomic mass is 16.5. The van der Waals surface area contributed by atoms with E-state index in [0.717, 1.165) is 30.2 Å². The first kappa shape index (κ1) is 20.7. The SMILES string of the molecule is CCCCCCOc1cc(C)ccc1CNC(=NC)NCc1nncn1C. The van der Waals surface area contributed by atoms with Crippen molar-refractivity contribution in [2.24, 2.45) is 12.0 Å². The van der Waals surface area contributed by atoms with Gasteiger partial charge in [0.05, 0.1) is 13.2 Å². The van der Waals surface area contributed by atoms with E-state index in [1.54, 1.807) is 13.4 Å². The molecular weight excluding hydrogens is 340 g/mol. The Balaban J connectivity index is 1.88. The largest absolute Gasteiger partial charge is 0.493 e. The second-order valence-electron chi connectivity index (χ2n) is 6.66. The Morgan fingerprint density at radius 3 is 2.70 bits per heavy atom. The van der Waals surface area contributed by atoms with Crippen molar-refractivity contribution in [1.82, 2.24) is 25.4 Å². The maximum absolute atomic E-state index is 6.04. The lowest BCUT2D eigenvalue weighted by atomic mass is 10.1. The predicted molar refractivity (Wildman–Crippen MR) is 109 cm³/mol. The number of ether oxygens (including phenoxy) is 1. The summed E-state index contributed by atoms with van der Waals surface area (Å²) in [4.78, 5) is 4.27. The van der Waals surface area contributed by atoms with E-state index in [1.165, 1.54) is 24.8 Å². The summed E-state index contributed by atoms with van der Waals surface area (Å²) in [6.07, 6.45) is 6.49. The third-order valence-electron chi connectivity index (χ3n) is 4.37. The summed E-state index contributed by atoms with van der Waals surface area (Å²) < 4.78 is 7.92. The van der Waals surface area contributed by atoms with Gasteiger partial charge >= 0.3 is 0 Å². The van der Waals surface area contributed by atoms with Gasteiger partial charge in [-0.05, 0) is 25.0 Å². The Kier molecular flexibility index (Phi) is 8.61. The van der Waals surface area contributed by atoms with Gasteiger partial charge in [-0.15, -0.1) is 10.2 Å². The summed E-state index contributed by atoms with van der Waals surface area (Å²) in [5.41, 5.74) is 2.32. The maximum atomic E-state index is 6.04. The monoisotopic (exact) mass is 372 g/mol. The highest BCUT2D eigenvalue weighted by Crippen LogP contribution is 2.20. The van der Waals surface area contributed by atoms with Gasteiger partial charge in [0.2, 0.25) is 0 Å². The standard InChI is InChI=1S/C20H32N6O/c1-5-6-7-8-11-27-18-12-16(2)9-10-17(18)13-22-20(21-3)23-14-19-25-24-15-26(19)4/h9-10,12,15H,5-8,11,13-14H2,1-4H3,(H2,21,22,23). The molecule has 0 saturated carbocycles. The lowest BCUT2D eigenvalue weighted by Crippen LogP contribution is -2.37. The molecule has 0 aliphatic carbocycles. The molecule has 0 unspecified atom stereocenters. The molecule has 0 bridgehead atoms. The van der Waals surface area contributed by atoms with Crippen molar-refractivity contribution < 1.29 is 4.74 Å². The van der Waals surface area contributed by atoms with Crippen molar-refractivity contribution in [3.05, 3.63) is 41.5 Å². The summed E-state index contributed by atoms with van der Waals surface area (Å²) in [7, 11) is 3.68. The van der Waals surface area contributed by atoms with E-state index in [9.17, 15) is 0 Å². The smallest absolute Gasteiger partial charge is 0.191 e. The van der Waals surface area contributed by atoms with Crippen molar-refractivity contribution in [1.29, 1.82) is 0 Å². The molecule has 0 radical (unpaired) electrons. The van der Waals surface area contributed by atoms with Crippen LogP contribution in [0, 0.1) is 6.92 Å². The third-order valence-corrected chi connectivity index (χ3v) is 4.37. The zero-order valence-corrected chi connectivity index (χ0v) is 17.0. The predicted octanol–water partition coefficient (Wildman–Crippen LogP) is 2.95. The molecule has 0 aliphatic rings. The first-order chi connectivity index (χ1) is 13.1. The number of aliphatic imine (C=N–C) groups is 1. The van der Waals surface area contributed by atoms with Crippen LogP contribution < -0.4 is 15.4 Å². The van der Waals surface area contributed by atoms with Crippen molar-refractivity contribution in [2.45, 2.75) is 52.6 Å². The van der Waals surface area contributed by atoms with Gasteiger partial charge in [0, 0.05) is 26.2 Å². The van der Waals surface area contributed by atoms with Crippen molar-refractivity contribution in [2.75, 3.05) is 13.7 Å². The molecule has 0 spiro atoms. The number of nitrogens with one attached hydrogen (secondary N) is 2. The van der Waals surface area contributed by atoms with E-state index in [-0.39, 0.29) is 0 Å². The van der Waals surface area contributed by atoms with Gasteiger partial charge < -0.3 is 19.9 Å². The zero-order valence-electron chi connectivity index (χ0n) is 17.0. The first-order valence-corrected chi connectivity index (χ1v) is 9.63. The van der Waals surface area contributed by atoms with E-state index >= 15 is 0 Å². The molecule has 1 heterocycles. The van der Waals surface area contributed by atoms with Gasteiger partial charge in [0.25, 0.3) is 0 Å². The number of hydrogen-bond donors (Lipinski definition) is 2. The molecule has 0 amide bonds. The number of nitrogens with zero attached hydrogens (tertiary/aromatic N) is 4. The Labute approximate surface area is 162 Å². The van der Waals surface area contributed by atoms with Gasteiger partial charge in [-0.3, -0.25) is 4.99 Å². The molecule has 148 valence electrons. The Bertz CT molecular complexity index is 725. The van der Waals surface area contributed by atoms with E-state index in [0.29, 0.717) is 19.0 Å². The van der Waals surface area contributed by atoms with Crippen LogP contribution in [0.2, 0.25) is 0 Å². The number of rotatable bonds is 10. The van der Waals surface area contributed by atoms with Crippen LogP contribution in [0.25, 0.3) is 0 Å². The number of aromatic nitrogens is 3. The second-order valence-corrected chi connectivity index (χ2v) is 6.66. The molecule has 0 aliphatic heterocycles. The van der Waals surface area contributed by atoms with Gasteiger partial charge in [-0.25, -0.2) is 0 Å². The lowest BCUT2D eigenvalue weighted by Gasteiger charge is -2.15. The average molecular weight is 373 g/mol. The van der Waals surface area contributed by atoms with E-state index < -0.39 is 0 Å². The Morgan fingerprint density at radius 1 is 1.19 bits per heavy atom. The highest BCUT2D eigenvalue weighted by molar-refractivity contribution is 5.79. The molecule has 1 aromatic carbocycles. The molecule has 2 rings (SSSR count). The molecule has 1 aromatic heterocycles. The molecular formula is C20H32N6O. The molecule has 7 nitrogen and oxygen atoms in total. The first-order valence-electron chi connectivity index (χ1n) is 9.63. The molecule has 7 heteroatoms. The van der Waals surface area contributed by atoms with Crippen LogP contribution in [-0.4, -0.2) is 34.4 Å². The van der Waals surface area contributed by atoms with Gasteiger partial charge in [-0.2, -0.15) is 0 Å². The number of unbranched alkanes of at least 4 members (excludes halogenated alkanes) is 3. The minimum absolute atomic E-state index is 0.560.